The molecular formula is C13H15ClN2O2. The van der Waals surface area contributed by atoms with Crippen LogP contribution in [0.15, 0.2) is 29.0 Å². The van der Waals surface area contributed by atoms with Crippen molar-refractivity contribution in [3.63, 3.8) is 0 Å². The Balaban J connectivity index is 1.96. The molecule has 96 valence electrons. The lowest BCUT2D eigenvalue weighted by molar-refractivity contribution is -0.00347. The van der Waals surface area contributed by atoms with Crippen molar-refractivity contribution in [1.29, 1.82) is 0 Å². The summed E-state index contributed by atoms with van der Waals surface area (Å²) >= 11 is 5.90. The van der Waals surface area contributed by atoms with Gasteiger partial charge < -0.3 is 14.1 Å². The van der Waals surface area contributed by atoms with E-state index in [1.807, 2.05) is 12.1 Å². The summed E-state index contributed by atoms with van der Waals surface area (Å²) in [5.41, 5.74) is 0.863. The van der Waals surface area contributed by atoms with E-state index in [1.54, 1.807) is 12.5 Å². The first-order valence-corrected chi connectivity index (χ1v) is 6.60. The lowest BCUT2D eigenvalue weighted by atomic mass is 10.2. The standard InChI is InChI=1S/C13H15ClN2O2/c1-9-7-16(8-10(6-14)18-9)13-11-3-5-17-12(11)2-4-15-13/h2-5,9-10H,6-8H2,1H3. The summed E-state index contributed by atoms with van der Waals surface area (Å²) in [6.45, 7) is 3.65. The van der Waals surface area contributed by atoms with Crippen LogP contribution in [0.5, 0.6) is 0 Å². The smallest absolute Gasteiger partial charge is 0.139 e. The zero-order chi connectivity index (χ0) is 12.5. The number of alkyl halides is 1. The predicted molar refractivity (Wildman–Crippen MR) is 71.3 cm³/mol. The second kappa shape index (κ2) is 4.78. The summed E-state index contributed by atoms with van der Waals surface area (Å²) < 4.78 is 11.2. The first-order chi connectivity index (χ1) is 8.78. The maximum Gasteiger partial charge on any atom is 0.139 e. The molecule has 3 rings (SSSR count). The number of aromatic nitrogens is 1. The van der Waals surface area contributed by atoms with Crippen LogP contribution in [-0.2, 0) is 4.74 Å². The van der Waals surface area contributed by atoms with Gasteiger partial charge in [-0.15, -0.1) is 11.6 Å². The molecule has 0 aliphatic carbocycles. The number of fused-ring (bicyclic) bond motifs is 1. The van der Waals surface area contributed by atoms with Gasteiger partial charge in [0.05, 0.1) is 29.7 Å². The van der Waals surface area contributed by atoms with Crippen LogP contribution in [0.3, 0.4) is 0 Å². The Morgan fingerprint density at radius 3 is 3.17 bits per heavy atom. The minimum absolute atomic E-state index is 0.0550. The molecule has 1 fully saturated rings. The molecule has 2 aromatic rings. The highest BCUT2D eigenvalue weighted by Gasteiger charge is 2.26. The van der Waals surface area contributed by atoms with E-state index in [-0.39, 0.29) is 12.2 Å². The average molecular weight is 267 g/mol. The molecular weight excluding hydrogens is 252 g/mol. The molecule has 0 saturated carbocycles. The van der Waals surface area contributed by atoms with Crippen molar-refractivity contribution in [2.24, 2.45) is 0 Å². The average Bonchev–Trinajstić information content (AvgIpc) is 2.85. The lowest BCUT2D eigenvalue weighted by Crippen LogP contribution is -2.47. The van der Waals surface area contributed by atoms with Crippen molar-refractivity contribution in [1.82, 2.24) is 4.98 Å². The van der Waals surface area contributed by atoms with Gasteiger partial charge in [-0.05, 0) is 19.1 Å². The molecule has 0 amide bonds. The van der Waals surface area contributed by atoms with Crippen LogP contribution in [0.1, 0.15) is 6.92 Å². The van der Waals surface area contributed by atoms with Crippen LogP contribution < -0.4 is 4.90 Å². The van der Waals surface area contributed by atoms with Crippen molar-refractivity contribution in [3.05, 3.63) is 24.6 Å². The summed E-state index contributed by atoms with van der Waals surface area (Å²) in [6, 6.07) is 3.83. The first kappa shape index (κ1) is 11.8. The molecule has 5 heteroatoms. The van der Waals surface area contributed by atoms with E-state index in [2.05, 4.69) is 16.8 Å². The Kier molecular flexibility index (Phi) is 3.14. The van der Waals surface area contributed by atoms with Gasteiger partial charge in [0.25, 0.3) is 0 Å². The highest BCUT2D eigenvalue weighted by Crippen LogP contribution is 2.27. The zero-order valence-electron chi connectivity index (χ0n) is 10.2. The molecule has 0 aromatic carbocycles. The molecule has 2 atom stereocenters. The van der Waals surface area contributed by atoms with E-state index in [0.29, 0.717) is 5.88 Å². The van der Waals surface area contributed by atoms with Crippen LogP contribution in [0.2, 0.25) is 0 Å². The second-order valence-electron chi connectivity index (χ2n) is 4.59. The fourth-order valence-electron chi connectivity index (χ4n) is 2.44. The largest absolute Gasteiger partial charge is 0.464 e. The molecule has 0 radical (unpaired) electrons. The fraction of sp³-hybridized carbons (Fsp3) is 0.462. The molecule has 2 aromatic heterocycles. The lowest BCUT2D eigenvalue weighted by Gasteiger charge is -2.36. The van der Waals surface area contributed by atoms with Crippen LogP contribution >= 0.6 is 11.6 Å². The number of hydrogen-bond donors (Lipinski definition) is 0. The monoisotopic (exact) mass is 266 g/mol. The Labute approximate surface area is 110 Å². The number of anilines is 1. The molecule has 1 aliphatic heterocycles. The Bertz CT molecular complexity index is 543. The maximum absolute atomic E-state index is 5.90. The van der Waals surface area contributed by atoms with Gasteiger partial charge in [0.15, 0.2) is 0 Å². The van der Waals surface area contributed by atoms with Crippen molar-refractivity contribution >= 4 is 28.4 Å². The predicted octanol–water partition coefficient (Wildman–Crippen LogP) is 2.66. The molecule has 1 saturated heterocycles. The van der Waals surface area contributed by atoms with Crippen LogP contribution in [0.4, 0.5) is 5.82 Å². The summed E-state index contributed by atoms with van der Waals surface area (Å²) in [7, 11) is 0. The van der Waals surface area contributed by atoms with Gasteiger partial charge in [-0.2, -0.15) is 0 Å². The summed E-state index contributed by atoms with van der Waals surface area (Å²) in [4.78, 5) is 6.69. The third-order valence-electron chi connectivity index (χ3n) is 3.16. The molecule has 1 aliphatic rings. The second-order valence-corrected chi connectivity index (χ2v) is 4.90. The Morgan fingerprint density at radius 2 is 2.33 bits per heavy atom. The number of morpholine rings is 1. The number of halogens is 1. The number of ether oxygens (including phenoxy) is 1. The van der Waals surface area contributed by atoms with E-state index in [4.69, 9.17) is 20.8 Å². The maximum atomic E-state index is 5.90. The van der Waals surface area contributed by atoms with E-state index in [1.165, 1.54) is 0 Å². The van der Waals surface area contributed by atoms with Gasteiger partial charge in [0, 0.05) is 19.3 Å². The topological polar surface area (TPSA) is 38.5 Å². The number of rotatable bonds is 2. The van der Waals surface area contributed by atoms with E-state index in [9.17, 15) is 0 Å². The minimum atomic E-state index is 0.0550. The Morgan fingerprint density at radius 1 is 1.44 bits per heavy atom. The SMILES string of the molecule is CC1CN(c2nccc3occc23)CC(CCl)O1. The normalized spacial score (nSPS) is 24.7. The summed E-state index contributed by atoms with van der Waals surface area (Å²) in [6.07, 6.45) is 3.68. The summed E-state index contributed by atoms with van der Waals surface area (Å²) in [5.74, 6) is 1.45. The number of hydrogen-bond acceptors (Lipinski definition) is 4. The van der Waals surface area contributed by atoms with Gasteiger partial charge in [-0.3, -0.25) is 0 Å². The van der Waals surface area contributed by atoms with E-state index in [0.717, 1.165) is 29.9 Å². The number of pyridine rings is 1. The van der Waals surface area contributed by atoms with Crippen molar-refractivity contribution in [2.45, 2.75) is 19.1 Å². The molecule has 18 heavy (non-hydrogen) atoms. The van der Waals surface area contributed by atoms with E-state index >= 15 is 0 Å². The van der Waals surface area contributed by atoms with Crippen LogP contribution in [-0.4, -0.2) is 36.2 Å². The molecule has 3 heterocycles. The third kappa shape index (κ3) is 2.06. The van der Waals surface area contributed by atoms with E-state index < -0.39 is 0 Å². The first-order valence-electron chi connectivity index (χ1n) is 6.06. The Hall–Kier alpha value is -1.26. The molecule has 0 spiro atoms. The van der Waals surface area contributed by atoms with Gasteiger partial charge in [-0.25, -0.2) is 4.98 Å². The fourth-order valence-corrected chi connectivity index (χ4v) is 2.61. The number of furan rings is 1. The molecule has 2 unspecified atom stereocenters. The van der Waals surface area contributed by atoms with Crippen molar-refractivity contribution in [2.75, 3.05) is 23.9 Å². The zero-order valence-corrected chi connectivity index (χ0v) is 10.9. The van der Waals surface area contributed by atoms with Gasteiger partial charge in [0.2, 0.25) is 0 Å². The van der Waals surface area contributed by atoms with Crippen molar-refractivity contribution in [3.8, 4) is 0 Å². The van der Waals surface area contributed by atoms with Crippen LogP contribution in [0.25, 0.3) is 11.0 Å². The van der Waals surface area contributed by atoms with Gasteiger partial charge >= 0.3 is 0 Å². The molecule has 0 N–H and O–H groups in total. The highest BCUT2D eigenvalue weighted by atomic mass is 35.5. The summed E-state index contributed by atoms with van der Waals surface area (Å²) in [5, 5.41) is 1.04. The van der Waals surface area contributed by atoms with Crippen molar-refractivity contribution < 1.29 is 9.15 Å². The highest BCUT2D eigenvalue weighted by molar-refractivity contribution is 6.18. The molecule has 0 bridgehead atoms. The molecule has 4 nitrogen and oxygen atoms in total. The van der Waals surface area contributed by atoms with Crippen LogP contribution in [0, 0.1) is 0 Å². The van der Waals surface area contributed by atoms with Gasteiger partial charge in [0.1, 0.15) is 11.4 Å². The number of nitrogens with zero attached hydrogens (tertiary/aromatic N) is 2. The van der Waals surface area contributed by atoms with Gasteiger partial charge in [-0.1, -0.05) is 0 Å². The minimum Gasteiger partial charge on any atom is -0.464 e. The third-order valence-corrected chi connectivity index (χ3v) is 3.50. The quantitative estimate of drug-likeness (QED) is 0.784.